The van der Waals surface area contributed by atoms with Gasteiger partial charge in [0.25, 0.3) is 5.56 Å². The second-order valence-corrected chi connectivity index (χ2v) is 9.40. The number of nitrogens with zero attached hydrogens (tertiary/aromatic N) is 5. The highest BCUT2D eigenvalue weighted by molar-refractivity contribution is 6.07. The van der Waals surface area contributed by atoms with E-state index in [9.17, 15) is 22.8 Å². The fourth-order valence-electron chi connectivity index (χ4n) is 4.65. The summed E-state index contributed by atoms with van der Waals surface area (Å²) in [5, 5.41) is 14.3. The average molecular weight is 530 g/mol. The Hall–Kier alpha value is -4.78. The van der Waals surface area contributed by atoms with Crippen LogP contribution in [0.25, 0.3) is 27.5 Å². The van der Waals surface area contributed by atoms with Crippen LogP contribution in [0.2, 0.25) is 0 Å². The maximum atomic E-state index is 13.4. The second kappa shape index (κ2) is 9.83. The maximum Gasteiger partial charge on any atom is 0.416 e. The van der Waals surface area contributed by atoms with E-state index in [1.54, 1.807) is 43.6 Å². The summed E-state index contributed by atoms with van der Waals surface area (Å²) in [5.41, 5.74) is 1.33. The summed E-state index contributed by atoms with van der Waals surface area (Å²) in [5.74, 6) is -0.161. The van der Waals surface area contributed by atoms with E-state index in [0.717, 1.165) is 17.8 Å². The number of carbonyl (C=O) groups excluding carboxylic acids is 1. The molecule has 0 bridgehead atoms. The first-order valence-corrected chi connectivity index (χ1v) is 12.2. The van der Waals surface area contributed by atoms with Gasteiger partial charge in [0, 0.05) is 42.0 Å². The van der Waals surface area contributed by atoms with Crippen molar-refractivity contribution >= 4 is 27.6 Å². The number of nitriles is 1. The first kappa shape index (κ1) is 25.9. The molecule has 0 fully saturated rings. The fourth-order valence-corrected chi connectivity index (χ4v) is 4.65. The summed E-state index contributed by atoms with van der Waals surface area (Å²) < 4.78 is 42.1. The van der Waals surface area contributed by atoms with Crippen LogP contribution in [0.1, 0.15) is 53.0 Å². The normalized spacial score (nSPS) is 12.5. The van der Waals surface area contributed by atoms with Gasteiger partial charge in [-0.2, -0.15) is 23.5 Å². The number of ketones is 1. The summed E-state index contributed by atoms with van der Waals surface area (Å²) in [7, 11) is 1.67. The van der Waals surface area contributed by atoms with Gasteiger partial charge in [-0.25, -0.2) is 4.98 Å². The molecular weight excluding hydrogens is 507 g/mol. The van der Waals surface area contributed by atoms with Gasteiger partial charge in [-0.1, -0.05) is 13.0 Å². The van der Waals surface area contributed by atoms with Gasteiger partial charge in [0.15, 0.2) is 5.78 Å². The first-order valence-electron chi connectivity index (χ1n) is 12.2. The van der Waals surface area contributed by atoms with Crippen molar-refractivity contribution in [3.8, 4) is 11.8 Å². The van der Waals surface area contributed by atoms with Gasteiger partial charge in [-0.3, -0.25) is 18.8 Å². The number of hydrogen-bond acceptors (Lipinski definition) is 5. The van der Waals surface area contributed by atoms with E-state index in [1.807, 2.05) is 19.1 Å². The van der Waals surface area contributed by atoms with Crippen LogP contribution in [0, 0.1) is 11.3 Å². The predicted molar refractivity (Wildman–Crippen MR) is 140 cm³/mol. The third kappa shape index (κ3) is 4.91. The first-order chi connectivity index (χ1) is 18.6. The van der Waals surface area contributed by atoms with E-state index in [4.69, 9.17) is 5.26 Å². The monoisotopic (exact) mass is 529 g/mol. The molecule has 0 radical (unpaired) electrons. The van der Waals surface area contributed by atoms with Crippen LogP contribution in [-0.4, -0.2) is 25.1 Å². The highest BCUT2D eigenvalue weighted by Gasteiger charge is 2.30. The number of benzene rings is 2. The Morgan fingerprint density at radius 1 is 1.08 bits per heavy atom. The summed E-state index contributed by atoms with van der Waals surface area (Å²) in [6, 6.07) is 16.5. The number of Topliss-reactive ketones (excluding diaryl/α,β-unsaturated/α-hetero) is 1. The average Bonchev–Trinajstić information content (AvgIpc) is 3.33. The largest absolute Gasteiger partial charge is 0.416 e. The molecule has 0 spiro atoms. The Kier molecular flexibility index (Phi) is 6.52. The van der Waals surface area contributed by atoms with Gasteiger partial charge < -0.3 is 0 Å². The molecule has 10 heteroatoms. The lowest BCUT2D eigenvalue weighted by molar-refractivity contribution is -0.137. The molecule has 0 saturated carbocycles. The number of rotatable bonds is 6. The third-order valence-corrected chi connectivity index (χ3v) is 6.72. The zero-order valence-electron chi connectivity index (χ0n) is 21.0. The maximum absolute atomic E-state index is 13.4. The molecular formula is C29H22F3N5O2. The predicted octanol–water partition coefficient (Wildman–Crippen LogP) is 5.93. The van der Waals surface area contributed by atoms with Crippen molar-refractivity contribution in [2.75, 3.05) is 0 Å². The van der Waals surface area contributed by atoms with E-state index in [-0.39, 0.29) is 29.2 Å². The molecule has 3 aromatic heterocycles. The minimum absolute atomic E-state index is 0.0462. The molecule has 0 aliphatic heterocycles. The summed E-state index contributed by atoms with van der Waals surface area (Å²) in [4.78, 5) is 30.9. The molecule has 0 aliphatic rings. The minimum Gasteiger partial charge on any atom is -0.294 e. The topological polar surface area (TPSA) is 93.6 Å². The van der Waals surface area contributed by atoms with Crippen LogP contribution in [-0.2, 0) is 13.2 Å². The van der Waals surface area contributed by atoms with Crippen molar-refractivity contribution in [2.24, 2.45) is 7.05 Å². The molecule has 5 rings (SSSR count). The Bertz CT molecular complexity index is 1830. The standard InChI is InChI=1S/C29H22F3N5O2/c1-17(24-5-3-4-20(15-33)34-24)6-13-26(38)18-7-12-25-22(14-18)27-23(16-36(2)35-27)28(39)37(25)21-10-8-19(9-11-21)29(30,31)32/h3-5,7-12,14,16-17H,6,13H2,1-2H3/t17-/m1/s1. The third-order valence-electron chi connectivity index (χ3n) is 6.72. The number of pyridine rings is 2. The van der Waals surface area contributed by atoms with Crippen molar-refractivity contribution in [3.63, 3.8) is 0 Å². The molecule has 0 aliphatic carbocycles. The molecule has 1 atom stereocenters. The smallest absolute Gasteiger partial charge is 0.294 e. The SMILES string of the molecule is C[C@H](CCC(=O)c1ccc2c(c1)c1nn(C)cc1c(=O)n2-c1ccc(C(F)(F)F)cc1)c1cccc(C#N)n1. The molecule has 5 aromatic rings. The molecule has 0 amide bonds. The summed E-state index contributed by atoms with van der Waals surface area (Å²) in [6.07, 6.45) is -2.20. The number of hydrogen-bond donors (Lipinski definition) is 0. The summed E-state index contributed by atoms with van der Waals surface area (Å²) >= 11 is 0. The van der Waals surface area contributed by atoms with E-state index >= 15 is 0 Å². The Labute approximate surface area is 220 Å². The highest BCUT2D eigenvalue weighted by Crippen LogP contribution is 2.31. The lowest BCUT2D eigenvalue weighted by atomic mass is 9.96. The van der Waals surface area contributed by atoms with Crippen LogP contribution < -0.4 is 5.56 Å². The van der Waals surface area contributed by atoms with Crippen LogP contribution in [0.4, 0.5) is 13.2 Å². The van der Waals surface area contributed by atoms with Crippen molar-refractivity contribution < 1.29 is 18.0 Å². The number of alkyl halides is 3. The van der Waals surface area contributed by atoms with Crippen molar-refractivity contribution in [3.05, 3.63) is 99.7 Å². The summed E-state index contributed by atoms with van der Waals surface area (Å²) in [6.45, 7) is 1.94. The zero-order valence-corrected chi connectivity index (χ0v) is 21.0. The van der Waals surface area contributed by atoms with Crippen LogP contribution in [0.3, 0.4) is 0 Å². The number of halogens is 3. The zero-order chi connectivity index (χ0) is 27.9. The molecule has 0 unspecified atom stereocenters. The van der Waals surface area contributed by atoms with Gasteiger partial charge in [-0.15, -0.1) is 0 Å². The van der Waals surface area contributed by atoms with Crippen molar-refractivity contribution in [1.29, 1.82) is 5.26 Å². The molecule has 39 heavy (non-hydrogen) atoms. The quantitative estimate of drug-likeness (QED) is 0.254. The lowest BCUT2D eigenvalue weighted by Crippen LogP contribution is -2.19. The van der Waals surface area contributed by atoms with Crippen molar-refractivity contribution in [2.45, 2.75) is 31.9 Å². The minimum atomic E-state index is -4.50. The van der Waals surface area contributed by atoms with Crippen LogP contribution >= 0.6 is 0 Å². The Morgan fingerprint density at radius 3 is 2.51 bits per heavy atom. The van der Waals surface area contributed by atoms with Gasteiger partial charge in [0.05, 0.1) is 16.5 Å². The van der Waals surface area contributed by atoms with Crippen LogP contribution in [0.5, 0.6) is 0 Å². The lowest BCUT2D eigenvalue weighted by Gasteiger charge is -2.14. The second-order valence-electron chi connectivity index (χ2n) is 9.40. The van der Waals surface area contributed by atoms with Gasteiger partial charge in [0.1, 0.15) is 17.3 Å². The Balaban J connectivity index is 1.53. The van der Waals surface area contributed by atoms with E-state index < -0.39 is 17.3 Å². The molecule has 0 saturated heterocycles. The van der Waals surface area contributed by atoms with Gasteiger partial charge in [-0.05, 0) is 66.9 Å². The molecule has 196 valence electrons. The van der Waals surface area contributed by atoms with E-state index in [1.165, 1.54) is 21.4 Å². The van der Waals surface area contributed by atoms with Crippen LogP contribution in [0.15, 0.2) is 71.7 Å². The number of fused-ring (bicyclic) bond motifs is 3. The van der Waals surface area contributed by atoms with Gasteiger partial charge in [0.2, 0.25) is 0 Å². The fraction of sp³-hybridized carbons (Fsp3) is 0.207. The number of aryl methyl sites for hydroxylation is 1. The van der Waals surface area contributed by atoms with E-state index in [2.05, 4.69) is 10.1 Å². The molecule has 0 N–H and O–H groups in total. The Morgan fingerprint density at radius 2 is 1.82 bits per heavy atom. The van der Waals surface area contributed by atoms with Crippen molar-refractivity contribution in [1.82, 2.24) is 19.3 Å². The van der Waals surface area contributed by atoms with E-state index in [0.29, 0.717) is 34.1 Å². The number of aromatic nitrogens is 4. The molecule has 3 heterocycles. The molecule has 7 nitrogen and oxygen atoms in total. The van der Waals surface area contributed by atoms with Gasteiger partial charge >= 0.3 is 6.18 Å². The number of carbonyl (C=O) groups is 1. The molecule has 2 aromatic carbocycles. The highest BCUT2D eigenvalue weighted by atomic mass is 19.4.